The number of rotatable bonds is 3. The molecule has 0 aliphatic heterocycles. The van der Waals surface area contributed by atoms with Crippen molar-refractivity contribution in [3.8, 4) is 0 Å². The molecule has 0 rings (SSSR count). The van der Waals surface area contributed by atoms with E-state index in [1.807, 2.05) is 0 Å². The topological polar surface area (TPSA) is 0 Å². The van der Waals surface area contributed by atoms with Crippen LogP contribution in [0.4, 0.5) is 0 Å². The first kappa shape index (κ1) is 6.13. The predicted molar refractivity (Wildman–Crippen MR) is 32.7 cm³/mol. The lowest BCUT2D eigenvalue weighted by molar-refractivity contribution is 1.44. The molecule has 0 spiro atoms. The van der Waals surface area contributed by atoms with Crippen molar-refractivity contribution in [2.45, 2.75) is 26.3 Å². The predicted octanol–water partition coefficient (Wildman–Crippen LogP) is 1.26. The van der Waals surface area contributed by atoms with Gasteiger partial charge in [0.15, 0.2) is 0 Å². The molecule has 2 heteroatoms. The fourth-order valence-electron chi connectivity index (χ4n) is 0.333. The molecular formula is C4H10B2. The van der Waals surface area contributed by atoms with Gasteiger partial charge in [0.05, 0.1) is 14.6 Å². The van der Waals surface area contributed by atoms with Crippen molar-refractivity contribution in [2.24, 2.45) is 0 Å². The molecule has 0 aromatic carbocycles. The second kappa shape index (κ2) is 5.13. The zero-order chi connectivity index (χ0) is 4.83. The van der Waals surface area contributed by atoms with Crippen LogP contribution >= 0.6 is 0 Å². The lowest BCUT2D eigenvalue weighted by Gasteiger charge is -1.81. The molecule has 0 saturated carbocycles. The van der Waals surface area contributed by atoms with Crippen LogP contribution in [-0.4, -0.2) is 14.6 Å². The Morgan fingerprint density at radius 3 is 2.33 bits per heavy atom. The van der Waals surface area contributed by atoms with E-state index >= 15 is 0 Å². The fraction of sp³-hybridized carbons (Fsp3) is 1.00. The van der Waals surface area contributed by atoms with E-state index in [4.69, 9.17) is 0 Å². The Bertz CT molecular complexity index is 17.5. The van der Waals surface area contributed by atoms with Gasteiger partial charge in [0.2, 0.25) is 0 Å². The van der Waals surface area contributed by atoms with E-state index in [0.717, 1.165) is 6.22 Å². The van der Waals surface area contributed by atoms with E-state index in [9.17, 15) is 0 Å². The molecule has 0 unspecified atom stereocenters. The molecular weight excluding hydrogens is 69.7 g/mol. The summed E-state index contributed by atoms with van der Waals surface area (Å²) >= 11 is 0. The van der Waals surface area contributed by atoms with Crippen LogP contribution in [0.1, 0.15) is 6.92 Å². The zero-order valence-electron chi connectivity index (χ0n) is 4.57. The van der Waals surface area contributed by atoms with Gasteiger partial charge in [0.25, 0.3) is 0 Å². The second-order valence-corrected chi connectivity index (χ2v) is 1.34. The highest BCUT2D eigenvalue weighted by molar-refractivity contribution is 6.54. The van der Waals surface area contributed by atoms with Crippen molar-refractivity contribution in [2.75, 3.05) is 0 Å². The molecule has 0 saturated heterocycles. The van der Waals surface area contributed by atoms with Gasteiger partial charge in [-0.05, 0) is 0 Å². The molecule has 6 heavy (non-hydrogen) atoms. The number of hydrogen-bond acceptors (Lipinski definition) is 0. The van der Waals surface area contributed by atoms with Crippen molar-refractivity contribution < 1.29 is 0 Å². The smallest absolute Gasteiger partial charge is 0.0999 e. The normalized spacial score (nSPS) is 7.67. The van der Waals surface area contributed by atoms with E-state index in [0.29, 0.717) is 0 Å². The minimum Gasteiger partial charge on any atom is -0.107 e. The third kappa shape index (κ3) is 4.13. The maximum absolute atomic E-state index is 2.25. The third-order valence-electron chi connectivity index (χ3n) is 0.691. The summed E-state index contributed by atoms with van der Waals surface area (Å²) in [5, 5.41) is 0. The SMILES string of the molecule is C[B]C[B]CC. The van der Waals surface area contributed by atoms with Gasteiger partial charge >= 0.3 is 0 Å². The van der Waals surface area contributed by atoms with Gasteiger partial charge in [-0.2, -0.15) is 0 Å². The molecule has 0 amide bonds. The van der Waals surface area contributed by atoms with Crippen molar-refractivity contribution in [1.29, 1.82) is 0 Å². The average molecular weight is 79.7 g/mol. The van der Waals surface area contributed by atoms with Gasteiger partial charge < -0.3 is 0 Å². The van der Waals surface area contributed by atoms with Gasteiger partial charge in [-0.15, -0.1) is 6.22 Å². The van der Waals surface area contributed by atoms with Gasteiger partial charge in [-0.25, -0.2) is 0 Å². The highest BCUT2D eigenvalue weighted by atomic mass is 13.4. The molecule has 0 fully saturated rings. The minimum atomic E-state index is 1.16. The van der Waals surface area contributed by atoms with Gasteiger partial charge in [0, 0.05) is 0 Å². The largest absolute Gasteiger partial charge is 0.107 e. The molecule has 0 N–H and O–H groups in total. The second-order valence-electron chi connectivity index (χ2n) is 1.34. The molecule has 0 aromatic heterocycles. The van der Waals surface area contributed by atoms with Gasteiger partial charge in [-0.3, -0.25) is 0 Å². The Labute approximate surface area is 41.8 Å². The van der Waals surface area contributed by atoms with E-state index in [2.05, 4.69) is 28.3 Å². The summed E-state index contributed by atoms with van der Waals surface area (Å²) in [6.07, 6.45) is 2.36. The van der Waals surface area contributed by atoms with Gasteiger partial charge in [0.1, 0.15) is 0 Å². The maximum Gasteiger partial charge on any atom is 0.0999 e. The van der Waals surface area contributed by atoms with Crippen LogP contribution in [-0.2, 0) is 0 Å². The summed E-state index contributed by atoms with van der Waals surface area (Å²) < 4.78 is 0. The summed E-state index contributed by atoms with van der Waals surface area (Å²) in [5.41, 5.74) is 0. The fourth-order valence-corrected chi connectivity index (χ4v) is 0.333. The number of hydrogen-bond donors (Lipinski definition) is 0. The quantitative estimate of drug-likeness (QED) is 0.353. The Morgan fingerprint density at radius 2 is 2.17 bits per heavy atom. The van der Waals surface area contributed by atoms with E-state index < -0.39 is 0 Å². The van der Waals surface area contributed by atoms with Crippen LogP contribution < -0.4 is 0 Å². The molecule has 0 aliphatic carbocycles. The van der Waals surface area contributed by atoms with Gasteiger partial charge in [-0.1, -0.05) is 20.1 Å². The molecule has 32 valence electrons. The zero-order valence-corrected chi connectivity index (χ0v) is 4.57. The monoisotopic (exact) mass is 80.1 g/mol. The van der Waals surface area contributed by atoms with Crippen LogP contribution in [0.2, 0.25) is 19.4 Å². The Balaban J connectivity index is 2.34. The molecule has 0 nitrogen and oxygen atoms in total. The molecule has 0 bridgehead atoms. The Morgan fingerprint density at radius 1 is 1.50 bits per heavy atom. The lowest BCUT2D eigenvalue weighted by atomic mass is 9.55. The first-order valence-electron chi connectivity index (χ1n) is 2.51. The van der Waals surface area contributed by atoms with Crippen LogP contribution in [0, 0.1) is 0 Å². The molecule has 0 heterocycles. The highest BCUT2D eigenvalue weighted by Crippen LogP contribution is 1.78. The van der Waals surface area contributed by atoms with Crippen molar-refractivity contribution in [3.63, 3.8) is 0 Å². The molecule has 0 atom stereocenters. The summed E-state index contributed by atoms with van der Waals surface area (Å²) in [7, 11) is 4.41. The first-order valence-corrected chi connectivity index (χ1v) is 2.51. The van der Waals surface area contributed by atoms with Crippen molar-refractivity contribution in [3.05, 3.63) is 0 Å². The summed E-state index contributed by atoms with van der Waals surface area (Å²) in [6, 6.07) is 0. The van der Waals surface area contributed by atoms with Crippen LogP contribution in [0.3, 0.4) is 0 Å². The van der Waals surface area contributed by atoms with Crippen LogP contribution in [0.25, 0.3) is 0 Å². The highest BCUT2D eigenvalue weighted by Gasteiger charge is 1.80. The van der Waals surface area contributed by atoms with E-state index in [1.54, 1.807) is 0 Å². The lowest BCUT2D eigenvalue weighted by Crippen LogP contribution is -1.89. The van der Waals surface area contributed by atoms with E-state index in [1.165, 1.54) is 6.32 Å². The first-order chi connectivity index (χ1) is 2.91. The summed E-state index contributed by atoms with van der Waals surface area (Å²) in [6.45, 7) is 4.23. The van der Waals surface area contributed by atoms with Crippen LogP contribution in [0.5, 0.6) is 0 Å². The molecule has 0 aromatic rings. The summed E-state index contributed by atoms with van der Waals surface area (Å²) in [5.74, 6) is 0. The Kier molecular flexibility index (Phi) is 5.24. The third-order valence-corrected chi connectivity index (χ3v) is 0.691. The van der Waals surface area contributed by atoms with Crippen LogP contribution in [0.15, 0.2) is 0 Å². The maximum atomic E-state index is 2.25. The average Bonchev–Trinajstić information content (AvgIpc) is 1.61. The Hall–Kier alpha value is 0.130. The minimum absolute atomic E-state index is 1.16. The van der Waals surface area contributed by atoms with E-state index in [-0.39, 0.29) is 0 Å². The summed E-state index contributed by atoms with van der Waals surface area (Å²) in [4.78, 5) is 0. The van der Waals surface area contributed by atoms with Crippen molar-refractivity contribution in [1.82, 2.24) is 0 Å². The molecule has 0 aliphatic rings. The molecule has 2 radical (unpaired) electrons. The standard InChI is InChI=1S/C4H10B2/c1-3-6-4-5-2/h3-4H2,1-2H3. The van der Waals surface area contributed by atoms with Crippen molar-refractivity contribution >= 4 is 14.6 Å².